The maximum absolute atomic E-state index is 10.9. The number of thiophene rings is 1. The van der Waals surface area contributed by atoms with Gasteiger partial charge < -0.3 is 5.11 Å². The van der Waals surface area contributed by atoms with Crippen molar-refractivity contribution in [3.63, 3.8) is 0 Å². The molecule has 0 spiro atoms. The van der Waals surface area contributed by atoms with Crippen molar-refractivity contribution in [2.24, 2.45) is 5.92 Å². The van der Waals surface area contributed by atoms with Crippen LogP contribution in [0.4, 0.5) is 0 Å². The summed E-state index contributed by atoms with van der Waals surface area (Å²) < 4.78 is 1.24. The molecule has 106 valence electrons. The Morgan fingerprint density at radius 2 is 1.86 bits per heavy atom. The van der Waals surface area contributed by atoms with E-state index in [1.54, 1.807) is 11.3 Å². The maximum Gasteiger partial charge on any atom is 0.0835 e. The van der Waals surface area contributed by atoms with E-state index in [0.717, 1.165) is 24.8 Å². The van der Waals surface area contributed by atoms with Gasteiger partial charge >= 0.3 is 0 Å². The molecule has 3 aromatic rings. The predicted molar refractivity (Wildman–Crippen MR) is 88.7 cm³/mol. The van der Waals surface area contributed by atoms with Gasteiger partial charge in [-0.15, -0.1) is 11.3 Å². The van der Waals surface area contributed by atoms with Gasteiger partial charge in [0.1, 0.15) is 0 Å². The Kier molecular flexibility index (Phi) is 3.28. The highest BCUT2D eigenvalue weighted by Gasteiger charge is 2.27. The van der Waals surface area contributed by atoms with Gasteiger partial charge in [0.2, 0.25) is 0 Å². The monoisotopic (exact) mass is 294 g/mol. The van der Waals surface area contributed by atoms with Gasteiger partial charge in [-0.05, 0) is 58.7 Å². The van der Waals surface area contributed by atoms with Gasteiger partial charge in [-0.1, -0.05) is 42.5 Å². The van der Waals surface area contributed by atoms with Crippen LogP contribution < -0.4 is 0 Å². The molecule has 1 aliphatic rings. The van der Waals surface area contributed by atoms with Crippen LogP contribution in [0.1, 0.15) is 29.2 Å². The van der Waals surface area contributed by atoms with Crippen LogP contribution in [0.15, 0.2) is 53.9 Å². The highest BCUT2D eigenvalue weighted by Crippen LogP contribution is 2.38. The number of benzene rings is 2. The fraction of sp³-hybridized carbons (Fsp3) is 0.263. The summed E-state index contributed by atoms with van der Waals surface area (Å²) in [7, 11) is 0. The summed E-state index contributed by atoms with van der Waals surface area (Å²) in [6, 6.07) is 17.0. The number of rotatable bonds is 2. The molecule has 0 fully saturated rings. The molecular weight excluding hydrogens is 276 g/mol. The first kappa shape index (κ1) is 13.1. The van der Waals surface area contributed by atoms with Crippen molar-refractivity contribution in [1.82, 2.24) is 0 Å². The summed E-state index contributed by atoms with van der Waals surface area (Å²) in [6.45, 7) is 0. The van der Waals surface area contributed by atoms with Crippen molar-refractivity contribution in [3.05, 3.63) is 70.6 Å². The summed E-state index contributed by atoms with van der Waals surface area (Å²) in [5, 5.41) is 14.2. The Bertz CT molecular complexity index is 774. The second-order valence-electron chi connectivity index (χ2n) is 5.90. The minimum Gasteiger partial charge on any atom is -0.388 e. The van der Waals surface area contributed by atoms with E-state index >= 15 is 0 Å². The van der Waals surface area contributed by atoms with Crippen molar-refractivity contribution in [1.29, 1.82) is 0 Å². The van der Waals surface area contributed by atoms with Crippen LogP contribution in [0.2, 0.25) is 0 Å². The van der Waals surface area contributed by atoms with E-state index in [-0.39, 0.29) is 6.10 Å². The lowest BCUT2D eigenvalue weighted by Gasteiger charge is -2.29. The summed E-state index contributed by atoms with van der Waals surface area (Å²) in [5.41, 5.74) is 3.97. The van der Waals surface area contributed by atoms with Crippen molar-refractivity contribution in [3.8, 4) is 0 Å². The number of hydrogen-bond acceptors (Lipinski definition) is 2. The van der Waals surface area contributed by atoms with E-state index in [4.69, 9.17) is 0 Å². The highest BCUT2D eigenvalue weighted by atomic mass is 32.1. The largest absolute Gasteiger partial charge is 0.388 e. The number of fused-ring (bicyclic) bond motifs is 2. The van der Waals surface area contributed by atoms with Gasteiger partial charge in [0.25, 0.3) is 0 Å². The molecular formula is C19H18OS. The molecule has 0 radical (unpaired) electrons. The lowest BCUT2D eigenvalue weighted by Crippen LogP contribution is -2.21. The normalized spacial score (nSPS) is 19.4. The number of aryl methyl sites for hydroxylation is 1. The minimum atomic E-state index is -0.360. The Hall–Kier alpha value is -1.64. The number of hydrogen-bond donors (Lipinski definition) is 1. The maximum atomic E-state index is 10.9. The van der Waals surface area contributed by atoms with E-state index in [2.05, 4.69) is 53.9 Å². The van der Waals surface area contributed by atoms with Crippen LogP contribution in [-0.4, -0.2) is 5.11 Å². The summed E-state index contributed by atoms with van der Waals surface area (Å²) in [5.74, 6) is 0.326. The number of aliphatic hydroxyl groups excluding tert-OH is 1. The molecule has 4 rings (SSSR count). The van der Waals surface area contributed by atoms with Gasteiger partial charge in [-0.3, -0.25) is 0 Å². The van der Waals surface area contributed by atoms with E-state index in [0.29, 0.717) is 5.92 Å². The van der Waals surface area contributed by atoms with Gasteiger partial charge in [0, 0.05) is 4.70 Å². The molecule has 21 heavy (non-hydrogen) atoms. The third kappa shape index (κ3) is 2.29. The average molecular weight is 294 g/mol. The molecule has 1 N–H and O–H groups in total. The third-order valence-electron chi connectivity index (χ3n) is 4.66. The van der Waals surface area contributed by atoms with Gasteiger partial charge in [-0.2, -0.15) is 0 Å². The van der Waals surface area contributed by atoms with Crippen LogP contribution in [0.5, 0.6) is 0 Å². The molecule has 2 atom stereocenters. The molecule has 2 unspecified atom stereocenters. The van der Waals surface area contributed by atoms with Crippen LogP contribution in [0, 0.1) is 5.92 Å². The highest BCUT2D eigenvalue weighted by molar-refractivity contribution is 7.17. The zero-order valence-corrected chi connectivity index (χ0v) is 12.6. The molecule has 2 aromatic carbocycles. The second kappa shape index (κ2) is 5.28. The smallest absolute Gasteiger partial charge is 0.0835 e. The van der Waals surface area contributed by atoms with Gasteiger partial charge in [0.05, 0.1) is 6.10 Å². The quantitative estimate of drug-likeness (QED) is 0.724. The Morgan fingerprint density at radius 3 is 2.76 bits per heavy atom. The summed E-state index contributed by atoms with van der Waals surface area (Å²) >= 11 is 1.73. The molecule has 1 nitrogen and oxygen atoms in total. The molecule has 0 saturated heterocycles. The lowest BCUT2D eigenvalue weighted by molar-refractivity contribution is 0.101. The zero-order valence-electron chi connectivity index (χ0n) is 11.8. The minimum absolute atomic E-state index is 0.326. The standard InChI is InChI=1S/C19H18OS/c20-18(17-7-3-6-14-10-11-21-19(14)17)16-9-8-13-4-1-2-5-15(13)12-16/h1-7,10-11,16,18,20H,8-9,12H2. The SMILES string of the molecule is OC(c1cccc2ccsc12)C1CCc2ccccc2C1. The third-order valence-corrected chi connectivity index (χ3v) is 5.64. The molecule has 0 saturated carbocycles. The summed E-state index contributed by atoms with van der Waals surface area (Å²) in [6.07, 6.45) is 2.78. The average Bonchev–Trinajstić information content (AvgIpc) is 3.02. The van der Waals surface area contributed by atoms with Crippen molar-refractivity contribution < 1.29 is 5.11 Å². The Labute approximate surface area is 128 Å². The first-order valence-corrected chi connectivity index (χ1v) is 8.42. The van der Waals surface area contributed by atoms with E-state index in [9.17, 15) is 5.11 Å². The van der Waals surface area contributed by atoms with Gasteiger partial charge in [0.15, 0.2) is 0 Å². The molecule has 0 aliphatic heterocycles. The Balaban J connectivity index is 1.67. The molecule has 1 heterocycles. The molecule has 1 aliphatic carbocycles. The molecule has 2 heteroatoms. The van der Waals surface area contributed by atoms with E-state index in [1.165, 1.54) is 21.2 Å². The second-order valence-corrected chi connectivity index (χ2v) is 6.82. The van der Waals surface area contributed by atoms with Crippen molar-refractivity contribution >= 4 is 21.4 Å². The number of aliphatic hydroxyl groups is 1. The molecule has 0 bridgehead atoms. The lowest BCUT2D eigenvalue weighted by atomic mass is 9.79. The zero-order chi connectivity index (χ0) is 14.2. The van der Waals surface area contributed by atoms with Crippen LogP contribution in [-0.2, 0) is 12.8 Å². The molecule has 1 aromatic heterocycles. The van der Waals surface area contributed by atoms with E-state index in [1.807, 2.05) is 0 Å². The van der Waals surface area contributed by atoms with Gasteiger partial charge in [-0.25, -0.2) is 0 Å². The van der Waals surface area contributed by atoms with Crippen LogP contribution in [0.25, 0.3) is 10.1 Å². The topological polar surface area (TPSA) is 20.2 Å². The van der Waals surface area contributed by atoms with Crippen LogP contribution >= 0.6 is 11.3 Å². The van der Waals surface area contributed by atoms with Crippen molar-refractivity contribution in [2.75, 3.05) is 0 Å². The van der Waals surface area contributed by atoms with Crippen LogP contribution in [0.3, 0.4) is 0 Å². The first-order valence-electron chi connectivity index (χ1n) is 7.54. The predicted octanol–water partition coefficient (Wildman–Crippen LogP) is 4.74. The fourth-order valence-corrected chi connectivity index (χ4v) is 4.45. The molecule has 0 amide bonds. The first-order chi connectivity index (χ1) is 10.3. The fourth-order valence-electron chi connectivity index (χ4n) is 3.50. The summed E-state index contributed by atoms with van der Waals surface area (Å²) in [4.78, 5) is 0. The van der Waals surface area contributed by atoms with Crippen molar-refractivity contribution in [2.45, 2.75) is 25.4 Å². The Morgan fingerprint density at radius 1 is 1.00 bits per heavy atom. The van der Waals surface area contributed by atoms with E-state index < -0.39 is 0 Å².